The van der Waals surface area contributed by atoms with E-state index in [4.69, 9.17) is 9.47 Å². The highest BCUT2D eigenvalue weighted by Gasteiger charge is 2.25. The lowest BCUT2D eigenvalue weighted by Crippen LogP contribution is -2.15. The van der Waals surface area contributed by atoms with Crippen LogP contribution in [0, 0.1) is 11.6 Å². The molecule has 0 aliphatic carbocycles. The van der Waals surface area contributed by atoms with Gasteiger partial charge in [-0.05, 0) is 36.4 Å². The second-order valence-corrected chi connectivity index (χ2v) is 6.34. The summed E-state index contributed by atoms with van der Waals surface area (Å²) in [7, 11) is 2.70. The molecule has 152 valence electrons. The van der Waals surface area contributed by atoms with E-state index in [0.717, 1.165) is 10.7 Å². The van der Waals surface area contributed by atoms with Gasteiger partial charge in [0.25, 0.3) is 5.56 Å². The van der Waals surface area contributed by atoms with E-state index >= 15 is 0 Å². The highest BCUT2D eigenvalue weighted by Crippen LogP contribution is 2.26. The van der Waals surface area contributed by atoms with Gasteiger partial charge in [0.1, 0.15) is 28.6 Å². The summed E-state index contributed by atoms with van der Waals surface area (Å²) in [6, 6.07) is 9.59. The van der Waals surface area contributed by atoms with Crippen molar-refractivity contribution in [1.82, 2.24) is 14.3 Å². The number of aromatic nitrogens is 3. The first-order chi connectivity index (χ1) is 14.4. The lowest BCUT2D eigenvalue weighted by Gasteiger charge is -2.12. The van der Waals surface area contributed by atoms with E-state index in [2.05, 4.69) is 5.10 Å². The summed E-state index contributed by atoms with van der Waals surface area (Å²) < 4.78 is 39.9. The van der Waals surface area contributed by atoms with E-state index < -0.39 is 23.2 Å². The Morgan fingerprint density at radius 1 is 1.03 bits per heavy atom. The molecule has 0 amide bonds. The summed E-state index contributed by atoms with van der Waals surface area (Å²) in [5, 5.41) is 4.27. The molecule has 9 heteroatoms. The molecule has 0 saturated heterocycles. The van der Waals surface area contributed by atoms with Crippen LogP contribution in [0.3, 0.4) is 0 Å². The molecule has 0 N–H and O–H groups in total. The van der Waals surface area contributed by atoms with E-state index in [0.29, 0.717) is 17.5 Å². The van der Waals surface area contributed by atoms with E-state index in [-0.39, 0.29) is 22.5 Å². The summed E-state index contributed by atoms with van der Waals surface area (Å²) in [6.45, 7) is 0. The van der Waals surface area contributed by atoms with Crippen LogP contribution in [0.5, 0.6) is 5.75 Å². The van der Waals surface area contributed by atoms with E-state index in [1.807, 2.05) is 0 Å². The van der Waals surface area contributed by atoms with Gasteiger partial charge < -0.3 is 14.0 Å². The number of rotatable bonds is 4. The molecule has 2 aliphatic rings. The minimum Gasteiger partial charge on any atom is -0.497 e. The van der Waals surface area contributed by atoms with E-state index in [9.17, 15) is 18.4 Å². The molecule has 7 nitrogen and oxygen atoms in total. The molecule has 0 atom stereocenters. The Labute approximate surface area is 169 Å². The number of fused-ring (bicyclic) bond motifs is 1. The van der Waals surface area contributed by atoms with Crippen molar-refractivity contribution in [3.8, 4) is 28.4 Å². The van der Waals surface area contributed by atoms with Crippen LogP contribution in [0.2, 0.25) is 0 Å². The Balaban J connectivity index is 1.97. The minimum atomic E-state index is -0.856. The Morgan fingerprint density at radius 3 is 2.40 bits per heavy atom. The smallest absolute Gasteiger partial charge is 0.341 e. The maximum Gasteiger partial charge on any atom is 0.341 e. The number of carbonyl (C=O) groups is 1. The van der Waals surface area contributed by atoms with Crippen LogP contribution >= 0.6 is 0 Å². The first-order valence-electron chi connectivity index (χ1n) is 8.76. The number of methoxy groups -OCH3 is 2. The first-order valence-corrected chi connectivity index (χ1v) is 8.76. The molecule has 30 heavy (non-hydrogen) atoms. The average Bonchev–Trinajstić information content (AvgIpc) is 3.09. The summed E-state index contributed by atoms with van der Waals surface area (Å²) in [5.41, 5.74) is 0.0199. The van der Waals surface area contributed by atoms with Gasteiger partial charge in [-0.3, -0.25) is 4.79 Å². The molecule has 4 rings (SSSR count). The number of carbonyl (C=O) groups excluding carboxylic acids is 1. The maximum absolute atomic E-state index is 14.3. The number of nitrogens with zero attached hydrogens (tertiary/aromatic N) is 3. The molecular formula is C21H15F2N3O4. The fourth-order valence-electron chi connectivity index (χ4n) is 3.09. The van der Waals surface area contributed by atoms with Gasteiger partial charge in [0, 0.05) is 18.5 Å². The van der Waals surface area contributed by atoms with E-state index in [1.165, 1.54) is 37.2 Å². The lowest BCUT2D eigenvalue weighted by molar-refractivity contribution is 0.0600. The molecule has 0 saturated carbocycles. The Hall–Kier alpha value is -4.01. The molecule has 2 aromatic carbocycles. The maximum atomic E-state index is 14.3. The molecule has 0 spiro atoms. The molecule has 2 aliphatic heterocycles. The van der Waals surface area contributed by atoms with Crippen molar-refractivity contribution in [3.63, 3.8) is 0 Å². The summed E-state index contributed by atoms with van der Waals surface area (Å²) in [5.74, 6) is -1.76. The van der Waals surface area contributed by atoms with Crippen molar-refractivity contribution in [1.29, 1.82) is 0 Å². The van der Waals surface area contributed by atoms with Gasteiger partial charge in [-0.1, -0.05) is 0 Å². The fourth-order valence-corrected chi connectivity index (χ4v) is 3.09. The topological polar surface area (TPSA) is 75.3 Å². The fraction of sp³-hybridized carbons (Fsp3) is 0.0952. The Kier molecular flexibility index (Phi) is 4.78. The van der Waals surface area contributed by atoms with Gasteiger partial charge in [-0.2, -0.15) is 9.78 Å². The van der Waals surface area contributed by atoms with Crippen LogP contribution in [0.25, 0.3) is 22.6 Å². The number of esters is 1. The monoisotopic (exact) mass is 411 g/mol. The predicted molar refractivity (Wildman–Crippen MR) is 104 cm³/mol. The zero-order valence-electron chi connectivity index (χ0n) is 15.9. The van der Waals surface area contributed by atoms with Crippen molar-refractivity contribution in [2.24, 2.45) is 0 Å². The quantitative estimate of drug-likeness (QED) is 0.482. The highest BCUT2D eigenvalue weighted by molar-refractivity contribution is 5.96. The van der Waals surface area contributed by atoms with Gasteiger partial charge in [-0.15, -0.1) is 0 Å². The third-order valence-electron chi connectivity index (χ3n) is 4.58. The van der Waals surface area contributed by atoms with Crippen LogP contribution < -0.4 is 10.3 Å². The van der Waals surface area contributed by atoms with Crippen LogP contribution in [0.4, 0.5) is 8.78 Å². The number of halogens is 2. The third kappa shape index (κ3) is 3.20. The summed E-state index contributed by atoms with van der Waals surface area (Å²) >= 11 is 0. The van der Waals surface area contributed by atoms with Crippen LogP contribution in [0.15, 0.2) is 59.7 Å². The highest BCUT2D eigenvalue weighted by atomic mass is 19.1. The van der Waals surface area contributed by atoms with Gasteiger partial charge in [0.2, 0.25) is 0 Å². The second kappa shape index (κ2) is 7.43. The number of hydrogen-bond acceptors (Lipinski definition) is 5. The minimum absolute atomic E-state index is 0.0388. The number of benzene rings is 2. The molecule has 0 bridgehead atoms. The second-order valence-electron chi connectivity index (χ2n) is 6.34. The van der Waals surface area contributed by atoms with Crippen molar-refractivity contribution in [2.45, 2.75) is 0 Å². The third-order valence-corrected chi connectivity index (χ3v) is 4.58. The normalized spacial score (nSPS) is 10.9. The van der Waals surface area contributed by atoms with Gasteiger partial charge in [-0.25, -0.2) is 13.6 Å². The molecule has 0 radical (unpaired) electrons. The van der Waals surface area contributed by atoms with E-state index in [1.54, 1.807) is 24.3 Å². The van der Waals surface area contributed by atoms with Gasteiger partial charge in [0.05, 0.1) is 31.2 Å². The number of hydrogen-bond donors (Lipinski definition) is 0. The van der Waals surface area contributed by atoms with Crippen molar-refractivity contribution >= 4 is 5.97 Å². The molecule has 0 aromatic heterocycles. The summed E-state index contributed by atoms with van der Waals surface area (Å²) in [6.07, 6.45) is 2.63. The molecule has 2 aromatic rings. The molecule has 0 fully saturated rings. The zero-order valence-corrected chi connectivity index (χ0v) is 15.9. The molecule has 0 unspecified atom stereocenters. The predicted octanol–water partition coefficient (Wildman–Crippen LogP) is 3.20. The van der Waals surface area contributed by atoms with Crippen molar-refractivity contribution in [3.05, 3.63) is 82.4 Å². The van der Waals surface area contributed by atoms with Gasteiger partial charge in [0.15, 0.2) is 0 Å². The average molecular weight is 411 g/mol. The Bertz CT molecular complexity index is 1280. The largest absolute Gasteiger partial charge is 0.497 e. The van der Waals surface area contributed by atoms with Gasteiger partial charge >= 0.3 is 5.97 Å². The Morgan fingerprint density at radius 2 is 1.77 bits per heavy atom. The first kappa shape index (κ1) is 19.3. The SMILES string of the molecule is COC(=O)c1cn(-c2ccc(F)cc2F)cc2c(=O)n(-c3ccc(OC)cc3)nc1-2. The van der Waals surface area contributed by atoms with Crippen LogP contribution in [-0.4, -0.2) is 34.5 Å². The number of pyridine rings is 1. The molecule has 2 heterocycles. The number of ether oxygens (including phenoxy) is 2. The summed E-state index contributed by atoms with van der Waals surface area (Å²) in [4.78, 5) is 25.4. The standard InChI is InChI=1S/C21H15F2N3O4/c1-29-14-6-4-13(5-7-14)26-20(27)15-10-25(18-8-3-12(22)9-17(18)23)11-16(19(15)24-26)21(28)30-2/h3-11H,1-2H3. The molecular weight excluding hydrogens is 396 g/mol. The van der Waals surface area contributed by atoms with Crippen molar-refractivity contribution in [2.75, 3.05) is 14.2 Å². The van der Waals surface area contributed by atoms with Crippen LogP contribution in [-0.2, 0) is 4.74 Å². The zero-order chi connectivity index (χ0) is 21.4. The lowest BCUT2D eigenvalue weighted by atomic mass is 10.1. The van der Waals surface area contributed by atoms with Crippen LogP contribution in [0.1, 0.15) is 10.4 Å². The van der Waals surface area contributed by atoms with Crippen molar-refractivity contribution < 1.29 is 23.0 Å².